The van der Waals surface area contributed by atoms with Gasteiger partial charge in [-0.3, -0.25) is 4.99 Å². The van der Waals surface area contributed by atoms with E-state index in [4.69, 9.17) is 0 Å². The zero-order chi connectivity index (χ0) is 14.7. The molecule has 110 valence electrons. The molecule has 1 aromatic heterocycles. The summed E-state index contributed by atoms with van der Waals surface area (Å²) in [6, 6.07) is 10.8. The molecule has 1 heterocycles. The quantitative estimate of drug-likeness (QED) is 0.674. The van der Waals surface area contributed by atoms with Crippen molar-refractivity contribution in [3.05, 3.63) is 40.7 Å². The average Bonchev–Trinajstić information content (AvgIpc) is 3.02. The van der Waals surface area contributed by atoms with E-state index in [1.165, 1.54) is 6.42 Å². The van der Waals surface area contributed by atoms with E-state index >= 15 is 0 Å². The van der Waals surface area contributed by atoms with Crippen molar-refractivity contribution in [2.24, 2.45) is 10.9 Å². The Hall–Kier alpha value is -1.88. The molecule has 0 bridgehead atoms. The molecular weight excluding hydrogens is 280 g/mol. The molecule has 2 N–H and O–H groups in total. The van der Waals surface area contributed by atoms with Crippen LogP contribution in [0.3, 0.4) is 0 Å². The minimum atomic E-state index is 0.576. The molecule has 1 aromatic carbocycles. The first kappa shape index (κ1) is 14.1. The van der Waals surface area contributed by atoms with Gasteiger partial charge in [0.2, 0.25) is 0 Å². The van der Waals surface area contributed by atoms with Gasteiger partial charge in [-0.15, -0.1) is 11.3 Å². The number of nitrogens with zero attached hydrogens (tertiary/aromatic N) is 2. The average molecular weight is 300 g/mol. The number of aliphatic imine (C=N–C) groups is 1. The molecule has 0 radical (unpaired) electrons. The molecule has 5 heteroatoms. The number of benzene rings is 1. The van der Waals surface area contributed by atoms with Crippen LogP contribution in [-0.4, -0.2) is 24.0 Å². The third kappa shape index (κ3) is 3.61. The van der Waals surface area contributed by atoms with Crippen molar-refractivity contribution in [1.29, 1.82) is 0 Å². The van der Waals surface area contributed by atoms with E-state index in [0.29, 0.717) is 12.6 Å². The highest BCUT2D eigenvalue weighted by atomic mass is 32.1. The number of hydrogen-bond acceptors (Lipinski definition) is 3. The molecule has 4 nitrogen and oxygen atoms in total. The molecule has 1 saturated carbocycles. The maximum absolute atomic E-state index is 4.67. The largest absolute Gasteiger partial charge is 0.353 e. The molecule has 2 unspecified atom stereocenters. The first-order valence-electron chi connectivity index (χ1n) is 7.23. The number of guanidine groups is 1. The van der Waals surface area contributed by atoms with Gasteiger partial charge in [0.1, 0.15) is 5.01 Å². The Balaban J connectivity index is 1.57. The molecule has 1 aliphatic rings. The summed E-state index contributed by atoms with van der Waals surface area (Å²) in [6.45, 7) is 2.95. The van der Waals surface area contributed by atoms with E-state index in [0.717, 1.165) is 28.1 Å². The second-order valence-corrected chi connectivity index (χ2v) is 6.32. The summed E-state index contributed by atoms with van der Waals surface area (Å²) in [6.07, 6.45) is 1.23. The van der Waals surface area contributed by atoms with E-state index in [9.17, 15) is 0 Å². The number of aromatic nitrogens is 1. The molecule has 3 rings (SSSR count). The molecule has 1 fully saturated rings. The summed E-state index contributed by atoms with van der Waals surface area (Å²) in [5.41, 5.74) is 2.20. The molecule has 1 aliphatic carbocycles. The van der Waals surface area contributed by atoms with Crippen molar-refractivity contribution in [1.82, 2.24) is 15.6 Å². The Bertz CT molecular complexity index is 620. The Morgan fingerprint density at radius 1 is 1.38 bits per heavy atom. The van der Waals surface area contributed by atoms with Gasteiger partial charge in [0, 0.05) is 24.0 Å². The summed E-state index contributed by atoms with van der Waals surface area (Å²) in [4.78, 5) is 8.92. The van der Waals surface area contributed by atoms with Gasteiger partial charge in [0.05, 0.1) is 12.2 Å². The number of thiazole rings is 1. The van der Waals surface area contributed by atoms with Gasteiger partial charge in [-0.2, -0.15) is 0 Å². The van der Waals surface area contributed by atoms with Crippen LogP contribution in [0.4, 0.5) is 0 Å². The second-order valence-electron chi connectivity index (χ2n) is 5.38. The molecular formula is C16H20N4S. The fraction of sp³-hybridized carbons (Fsp3) is 0.375. The van der Waals surface area contributed by atoms with Gasteiger partial charge in [-0.05, 0) is 12.3 Å². The van der Waals surface area contributed by atoms with Crippen LogP contribution in [-0.2, 0) is 6.54 Å². The number of rotatable bonds is 4. The summed E-state index contributed by atoms with van der Waals surface area (Å²) in [5.74, 6) is 1.62. The lowest BCUT2D eigenvalue weighted by Crippen LogP contribution is -2.38. The lowest BCUT2D eigenvalue weighted by Gasteiger charge is -2.09. The maximum atomic E-state index is 4.67. The Morgan fingerprint density at radius 2 is 2.14 bits per heavy atom. The van der Waals surface area contributed by atoms with Gasteiger partial charge in [-0.25, -0.2) is 4.98 Å². The van der Waals surface area contributed by atoms with E-state index in [2.05, 4.69) is 45.0 Å². The SMILES string of the molecule is CN=C(NCc1nc(-c2ccccc2)cs1)NC1CC1C. The van der Waals surface area contributed by atoms with Crippen molar-refractivity contribution in [3.8, 4) is 11.3 Å². The second kappa shape index (κ2) is 6.26. The van der Waals surface area contributed by atoms with Gasteiger partial charge < -0.3 is 10.6 Å². The molecule has 0 spiro atoms. The Morgan fingerprint density at radius 3 is 2.81 bits per heavy atom. The number of hydrogen-bond donors (Lipinski definition) is 2. The van der Waals surface area contributed by atoms with Crippen LogP contribution in [0.15, 0.2) is 40.7 Å². The lowest BCUT2D eigenvalue weighted by atomic mass is 10.2. The Labute approximate surface area is 129 Å². The van der Waals surface area contributed by atoms with Gasteiger partial charge >= 0.3 is 0 Å². The third-order valence-corrected chi connectivity index (χ3v) is 4.53. The smallest absolute Gasteiger partial charge is 0.191 e. The lowest BCUT2D eigenvalue weighted by molar-refractivity contribution is 0.762. The normalized spacial score (nSPS) is 21.1. The monoisotopic (exact) mass is 300 g/mol. The highest BCUT2D eigenvalue weighted by Gasteiger charge is 2.33. The molecule has 2 atom stereocenters. The topological polar surface area (TPSA) is 49.3 Å². The summed E-state index contributed by atoms with van der Waals surface area (Å²) in [5, 5.41) is 9.92. The van der Waals surface area contributed by atoms with Crippen LogP contribution in [0.1, 0.15) is 18.4 Å². The first-order valence-corrected chi connectivity index (χ1v) is 8.11. The summed E-state index contributed by atoms with van der Waals surface area (Å²) < 4.78 is 0. The first-order chi connectivity index (χ1) is 10.3. The van der Waals surface area contributed by atoms with Crippen molar-refractivity contribution in [2.75, 3.05) is 7.05 Å². The zero-order valence-corrected chi connectivity index (χ0v) is 13.2. The van der Waals surface area contributed by atoms with E-state index < -0.39 is 0 Å². The van der Waals surface area contributed by atoms with E-state index in [1.54, 1.807) is 18.4 Å². The molecule has 0 saturated heterocycles. The van der Waals surface area contributed by atoms with Crippen LogP contribution in [0.25, 0.3) is 11.3 Å². The van der Waals surface area contributed by atoms with Crippen LogP contribution in [0.2, 0.25) is 0 Å². The van der Waals surface area contributed by atoms with E-state index in [-0.39, 0.29) is 0 Å². The van der Waals surface area contributed by atoms with Gasteiger partial charge in [0.25, 0.3) is 0 Å². The molecule has 21 heavy (non-hydrogen) atoms. The fourth-order valence-corrected chi connectivity index (χ4v) is 2.93. The highest BCUT2D eigenvalue weighted by Crippen LogP contribution is 2.28. The molecule has 2 aromatic rings. The molecule has 0 aliphatic heterocycles. The predicted molar refractivity (Wildman–Crippen MR) is 88.5 cm³/mol. The van der Waals surface area contributed by atoms with Crippen molar-refractivity contribution in [3.63, 3.8) is 0 Å². The van der Waals surface area contributed by atoms with Crippen molar-refractivity contribution >= 4 is 17.3 Å². The van der Waals surface area contributed by atoms with Crippen molar-refractivity contribution < 1.29 is 0 Å². The van der Waals surface area contributed by atoms with Gasteiger partial charge in [0.15, 0.2) is 5.96 Å². The van der Waals surface area contributed by atoms with Gasteiger partial charge in [-0.1, -0.05) is 37.3 Å². The third-order valence-electron chi connectivity index (χ3n) is 3.68. The minimum absolute atomic E-state index is 0.576. The molecule has 0 amide bonds. The standard InChI is InChI=1S/C16H20N4S/c1-11-8-13(11)20-16(17-2)18-9-15-19-14(10-21-15)12-6-4-3-5-7-12/h3-7,10-11,13H,8-9H2,1-2H3,(H2,17,18,20). The van der Waals surface area contributed by atoms with Crippen LogP contribution in [0.5, 0.6) is 0 Å². The summed E-state index contributed by atoms with van der Waals surface area (Å²) in [7, 11) is 1.81. The highest BCUT2D eigenvalue weighted by molar-refractivity contribution is 7.09. The van der Waals surface area contributed by atoms with E-state index in [1.807, 2.05) is 18.2 Å². The Kier molecular flexibility index (Phi) is 4.20. The van der Waals surface area contributed by atoms with Crippen LogP contribution < -0.4 is 10.6 Å². The number of nitrogens with one attached hydrogen (secondary N) is 2. The van der Waals surface area contributed by atoms with Crippen LogP contribution >= 0.6 is 11.3 Å². The maximum Gasteiger partial charge on any atom is 0.191 e. The minimum Gasteiger partial charge on any atom is -0.353 e. The summed E-state index contributed by atoms with van der Waals surface area (Å²) >= 11 is 1.68. The zero-order valence-electron chi connectivity index (χ0n) is 12.3. The van der Waals surface area contributed by atoms with Crippen molar-refractivity contribution in [2.45, 2.75) is 25.9 Å². The fourth-order valence-electron chi connectivity index (χ4n) is 2.19. The van der Waals surface area contributed by atoms with Crippen LogP contribution in [0, 0.1) is 5.92 Å². The predicted octanol–water partition coefficient (Wildman–Crippen LogP) is 2.88.